The number of benzene rings is 1. The van der Waals surface area contributed by atoms with Crippen LogP contribution in [0.2, 0.25) is 0 Å². The molecule has 4 nitrogen and oxygen atoms in total. The highest BCUT2D eigenvalue weighted by molar-refractivity contribution is 5.67. The van der Waals surface area contributed by atoms with E-state index in [1.54, 1.807) is 6.92 Å². The van der Waals surface area contributed by atoms with Crippen LogP contribution >= 0.6 is 0 Å². The van der Waals surface area contributed by atoms with Gasteiger partial charge in [0.25, 0.3) is 0 Å². The molecule has 0 aromatic heterocycles. The third kappa shape index (κ3) is 5.47. The topological polar surface area (TPSA) is 66.8 Å². The minimum atomic E-state index is -0.993. The number of carbonyl (C=O) groups is 1. The number of aliphatic carboxylic acids is 1. The van der Waals surface area contributed by atoms with E-state index < -0.39 is 12.1 Å². The van der Waals surface area contributed by atoms with Gasteiger partial charge in [-0.1, -0.05) is 37.3 Å². The smallest absolute Gasteiger partial charge is 0.305 e. The van der Waals surface area contributed by atoms with Gasteiger partial charge in [-0.15, -0.1) is 0 Å². The molecular formula is C13H18O4. The lowest BCUT2D eigenvalue weighted by molar-refractivity contribution is -0.140. The molecule has 0 aliphatic carbocycles. The Bertz CT molecular complexity index is 337. The van der Waals surface area contributed by atoms with Crippen LogP contribution in [0.5, 0.6) is 0 Å². The summed E-state index contributed by atoms with van der Waals surface area (Å²) in [5.41, 5.74) is 1.06. The molecule has 0 amide bonds. The number of carboxylic acid groups (broad SMARTS) is 1. The second-order valence-corrected chi connectivity index (χ2v) is 4.14. The summed E-state index contributed by atoms with van der Waals surface area (Å²) >= 11 is 0. The first-order chi connectivity index (χ1) is 8.09. The van der Waals surface area contributed by atoms with Crippen LogP contribution in [0, 0.1) is 5.92 Å². The van der Waals surface area contributed by atoms with Gasteiger partial charge >= 0.3 is 5.97 Å². The van der Waals surface area contributed by atoms with E-state index in [-0.39, 0.29) is 12.3 Å². The van der Waals surface area contributed by atoms with Crippen LogP contribution in [0.1, 0.15) is 18.9 Å². The summed E-state index contributed by atoms with van der Waals surface area (Å²) in [7, 11) is 0. The Morgan fingerprint density at radius 1 is 1.35 bits per heavy atom. The van der Waals surface area contributed by atoms with Gasteiger partial charge in [-0.05, 0) is 5.56 Å². The number of carboxylic acids is 1. The number of aliphatic hydroxyl groups excluding tert-OH is 1. The standard InChI is InChI=1S/C13H18O4/c1-10(12(14)7-13(15)16)8-17-9-11-5-3-2-4-6-11/h2-6,10,12,14H,7-9H2,1H3,(H,15,16)/t10-,12-/m0/s1. The number of ether oxygens (including phenoxy) is 1. The van der Waals surface area contributed by atoms with Crippen molar-refractivity contribution in [1.82, 2.24) is 0 Å². The van der Waals surface area contributed by atoms with Crippen LogP contribution in [-0.2, 0) is 16.1 Å². The molecule has 2 atom stereocenters. The van der Waals surface area contributed by atoms with Crippen LogP contribution in [0.4, 0.5) is 0 Å². The van der Waals surface area contributed by atoms with Crippen molar-refractivity contribution in [3.8, 4) is 0 Å². The van der Waals surface area contributed by atoms with E-state index in [0.717, 1.165) is 5.56 Å². The number of hydrogen-bond acceptors (Lipinski definition) is 3. The van der Waals surface area contributed by atoms with Crippen molar-refractivity contribution in [1.29, 1.82) is 0 Å². The van der Waals surface area contributed by atoms with E-state index in [9.17, 15) is 9.90 Å². The van der Waals surface area contributed by atoms with Gasteiger partial charge in [0.2, 0.25) is 0 Å². The zero-order valence-electron chi connectivity index (χ0n) is 9.87. The maximum Gasteiger partial charge on any atom is 0.305 e. The van der Waals surface area contributed by atoms with Crippen LogP contribution in [0.25, 0.3) is 0 Å². The summed E-state index contributed by atoms with van der Waals surface area (Å²) in [4.78, 5) is 10.4. The molecule has 17 heavy (non-hydrogen) atoms. The summed E-state index contributed by atoms with van der Waals surface area (Å²) in [6.07, 6.45) is -1.10. The molecule has 0 bridgehead atoms. The molecule has 1 aromatic rings. The van der Waals surface area contributed by atoms with Crippen molar-refractivity contribution in [3.63, 3.8) is 0 Å². The van der Waals surface area contributed by atoms with E-state index >= 15 is 0 Å². The molecule has 1 aromatic carbocycles. The van der Waals surface area contributed by atoms with Crippen LogP contribution in [0.3, 0.4) is 0 Å². The van der Waals surface area contributed by atoms with Crippen LogP contribution < -0.4 is 0 Å². The lowest BCUT2D eigenvalue weighted by atomic mass is 10.0. The molecule has 0 unspecified atom stereocenters. The predicted molar refractivity (Wildman–Crippen MR) is 63.5 cm³/mol. The normalized spacial score (nSPS) is 14.2. The second-order valence-electron chi connectivity index (χ2n) is 4.14. The highest BCUT2D eigenvalue weighted by Crippen LogP contribution is 2.09. The first-order valence-corrected chi connectivity index (χ1v) is 5.61. The average Bonchev–Trinajstić information content (AvgIpc) is 2.29. The molecule has 94 valence electrons. The Morgan fingerprint density at radius 2 is 2.00 bits per heavy atom. The number of hydrogen-bond donors (Lipinski definition) is 2. The van der Waals surface area contributed by atoms with E-state index in [4.69, 9.17) is 9.84 Å². The minimum absolute atomic E-state index is 0.185. The quantitative estimate of drug-likeness (QED) is 0.758. The molecule has 0 saturated carbocycles. The summed E-state index contributed by atoms with van der Waals surface area (Å²) in [6.45, 7) is 2.60. The predicted octanol–water partition coefficient (Wildman–Crippen LogP) is 1.67. The van der Waals surface area contributed by atoms with E-state index in [1.807, 2.05) is 30.3 Å². The van der Waals surface area contributed by atoms with Crippen molar-refractivity contribution in [2.45, 2.75) is 26.1 Å². The highest BCUT2D eigenvalue weighted by atomic mass is 16.5. The number of aliphatic hydroxyl groups is 1. The lowest BCUT2D eigenvalue weighted by Gasteiger charge is -2.17. The van der Waals surface area contributed by atoms with Crippen LogP contribution in [0.15, 0.2) is 30.3 Å². The fourth-order valence-corrected chi connectivity index (χ4v) is 1.43. The van der Waals surface area contributed by atoms with Gasteiger partial charge < -0.3 is 14.9 Å². The minimum Gasteiger partial charge on any atom is -0.481 e. The van der Waals surface area contributed by atoms with Crippen LogP contribution in [-0.4, -0.2) is 28.9 Å². The second kappa shape index (κ2) is 7.04. The Labute approximate surface area is 101 Å². The van der Waals surface area contributed by atoms with E-state index in [0.29, 0.717) is 13.2 Å². The molecule has 4 heteroatoms. The largest absolute Gasteiger partial charge is 0.481 e. The molecular weight excluding hydrogens is 220 g/mol. The van der Waals surface area contributed by atoms with Gasteiger partial charge in [0.15, 0.2) is 0 Å². The monoisotopic (exact) mass is 238 g/mol. The fraction of sp³-hybridized carbons (Fsp3) is 0.462. The first kappa shape index (κ1) is 13.7. The van der Waals surface area contributed by atoms with Crippen molar-refractivity contribution < 1.29 is 19.7 Å². The third-order valence-electron chi connectivity index (χ3n) is 2.53. The molecule has 0 spiro atoms. The van der Waals surface area contributed by atoms with Gasteiger partial charge in [0.1, 0.15) is 0 Å². The first-order valence-electron chi connectivity index (χ1n) is 5.61. The van der Waals surface area contributed by atoms with E-state index in [1.165, 1.54) is 0 Å². The molecule has 0 saturated heterocycles. The highest BCUT2D eigenvalue weighted by Gasteiger charge is 2.17. The van der Waals surface area contributed by atoms with E-state index in [2.05, 4.69) is 0 Å². The lowest BCUT2D eigenvalue weighted by Crippen LogP contribution is -2.25. The molecule has 2 N–H and O–H groups in total. The van der Waals surface area contributed by atoms with Crippen molar-refractivity contribution in [2.24, 2.45) is 5.92 Å². The molecule has 0 aliphatic rings. The number of rotatable bonds is 7. The Hall–Kier alpha value is -1.39. The molecule has 1 rings (SSSR count). The fourth-order valence-electron chi connectivity index (χ4n) is 1.43. The SMILES string of the molecule is C[C@@H](COCc1ccccc1)[C@@H](O)CC(=O)O. The van der Waals surface area contributed by atoms with Crippen molar-refractivity contribution in [3.05, 3.63) is 35.9 Å². The molecule has 0 fully saturated rings. The zero-order valence-corrected chi connectivity index (χ0v) is 9.87. The molecule has 0 aliphatic heterocycles. The van der Waals surface area contributed by atoms with Gasteiger partial charge in [0.05, 0.1) is 25.7 Å². The van der Waals surface area contributed by atoms with Gasteiger partial charge in [-0.3, -0.25) is 4.79 Å². The Morgan fingerprint density at radius 3 is 2.59 bits per heavy atom. The van der Waals surface area contributed by atoms with Gasteiger partial charge in [0, 0.05) is 5.92 Å². The molecule has 0 heterocycles. The van der Waals surface area contributed by atoms with Crippen molar-refractivity contribution in [2.75, 3.05) is 6.61 Å². The average molecular weight is 238 g/mol. The zero-order chi connectivity index (χ0) is 12.7. The summed E-state index contributed by atoms with van der Waals surface area (Å²) in [5.74, 6) is -1.18. The van der Waals surface area contributed by atoms with Crippen molar-refractivity contribution >= 4 is 5.97 Å². The Kier molecular flexibility index (Phi) is 5.66. The molecule has 0 radical (unpaired) electrons. The summed E-state index contributed by atoms with van der Waals surface area (Å²) in [5, 5.41) is 18.1. The van der Waals surface area contributed by atoms with Gasteiger partial charge in [-0.25, -0.2) is 0 Å². The maximum absolute atomic E-state index is 10.4. The maximum atomic E-state index is 10.4. The summed E-state index contributed by atoms with van der Waals surface area (Å²) < 4.78 is 5.43. The third-order valence-corrected chi connectivity index (χ3v) is 2.53. The summed E-state index contributed by atoms with van der Waals surface area (Å²) in [6, 6.07) is 9.71. The van der Waals surface area contributed by atoms with Gasteiger partial charge in [-0.2, -0.15) is 0 Å². The Balaban J connectivity index is 2.24.